The van der Waals surface area contributed by atoms with Crippen LogP contribution in [0.2, 0.25) is 0 Å². The summed E-state index contributed by atoms with van der Waals surface area (Å²) in [7, 11) is 0. The predicted octanol–water partition coefficient (Wildman–Crippen LogP) is 4.89. The standard InChI is InChI=1S/C19H21NO/c1-4-5-13(3)14-7-9-17-16(11-14)19(21)15-8-6-12(2)10-18(15)20-17/h6-11,13H,4-5H2,1-3H3,(H,20,21). The monoisotopic (exact) mass is 279 g/mol. The van der Waals surface area contributed by atoms with E-state index in [2.05, 4.69) is 31.0 Å². The van der Waals surface area contributed by atoms with Gasteiger partial charge in [0.25, 0.3) is 0 Å². The first-order chi connectivity index (χ1) is 10.1. The number of benzene rings is 2. The van der Waals surface area contributed by atoms with E-state index in [-0.39, 0.29) is 5.43 Å². The van der Waals surface area contributed by atoms with E-state index < -0.39 is 0 Å². The predicted molar refractivity (Wildman–Crippen MR) is 90.1 cm³/mol. The molecule has 2 aromatic carbocycles. The van der Waals surface area contributed by atoms with Gasteiger partial charge in [0.15, 0.2) is 5.43 Å². The van der Waals surface area contributed by atoms with Gasteiger partial charge in [-0.1, -0.05) is 32.4 Å². The highest BCUT2D eigenvalue weighted by Crippen LogP contribution is 2.24. The minimum atomic E-state index is 0.129. The molecule has 0 bridgehead atoms. The van der Waals surface area contributed by atoms with Crippen LogP contribution in [-0.2, 0) is 0 Å². The van der Waals surface area contributed by atoms with Gasteiger partial charge in [-0.05, 0) is 54.7 Å². The van der Waals surface area contributed by atoms with Gasteiger partial charge in [-0.15, -0.1) is 0 Å². The Morgan fingerprint density at radius 3 is 2.62 bits per heavy atom. The molecule has 3 rings (SSSR count). The van der Waals surface area contributed by atoms with Crippen molar-refractivity contribution in [3.05, 3.63) is 57.7 Å². The minimum absolute atomic E-state index is 0.129. The average Bonchev–Trinajstić information content (AvgIpc) is 2.47. The molecular formula is C19H21NO. The van der Waals surface area contributed by atoms with Gasteiger partial charge in [0.05, 0.1) is 0 Å². The first-order valence-corrected chi connectivity index (χ1v) is 7.66. The molecule has 3 aromatic rings. The van der Waals surface area contributed by atoms with Crippen LogP contribution in [0.25, 0.3) is 21.8 Å². The fourth-order valence-corrected chi connectivity index (χ4v) is 3.01. The number of fused-ring (bicyclic) bond motifs is 2. The van der Waals surface area contributed by atoms with Crippen molar-refractivity contribution < 1.29 is 0 Å². The molecule has 0 aliphatic heterocycles. The summed E-state index contributed by atoms with van der Waals surface area (Å²) in [5.74, 6) is 0.493. The zero-order chi connectivity index (χ0) is 15.0. The Kier molecular flexibility index (Phi) is 3.54. The molecule has 0 saturated heterocycles. The molecule has 2 heteroatoms. The van der Waals surface area contributed by atoms with Crippen LogP contribution in [0.5, 0.6) is 0 Å². The maximum Gasteiger partial charge on any atom is 0.197 e. The molecule has 0 aliphatic carbocycles. The molecule has 0 fully saturated rings. The van der Waals surface area contributed by atoms with Gasteiger partial charge in [-0.3, -0.25) is 4.79 Å². The first kappa shape index (κ1) is 13.9. The van der Waals surface area contributed by atoms with Crippen molar-refractivity contribution in [2.45, 2.75) is 39.5 Å². The normalized spacial score (nSPS) is 12.9. The van der Waals surface area contributed by atoms with Gasteiger partial charge in [0.2, 0.25) is 0 Å². The van der Waals surface area contributed by atoms with Crippen molar-refractivity contribution in [2.24, 2.45) is 0 Å². The molecule has 108 valence electrons. The van der Waals surface area contributed by atoms with Crippen molar-refractivity contribution in [3.63, 3.8) is 0 Å². The molecule has 1 aromatic heterocycles. The second-order valence-corrected chi connectivity index (χ2v) is 6.00. The Labute approximate surface area is 124 Å². The molecule has 0 spiro atoms. The van der Waals surface area contributed by atoms with Crippen LogP contribution in [0.15, 0.2) is 41.2 Å². The topological polar surface area (TPSA) is 32.9 Å². The number of aryl methyl sites for hydroxylation is 1. The van der Waals surface area contributed by atoms with Gasteiger partial charge >= 0.3 is 0 Å². The lowest BCUT2D eigenvalue weighted by Gasteiger charge is -2.12. The number of rotatable bonds is 3. The van der Waals surface area contributed by atoms with E-state index in [9.17, 15) is 4.79 Å². The number of hydrogen-bond acceptors (Lipinski definition) is 1. The van der Waals surface area contributed by atoms with Crippen LogP contribution in [-0.4, -0.2) is 4.98 Å². The van der Waals surface area contributed by atoms with E-state index in [0.29, 0.717) is 5.92 Å². The highest BCUT2D eigenvalue weighted by molar-refractivity contribution is 5.92. The lowest BCUT2D eigenvalue weighted by atomic mass is 9.95. The van der Waals surface area contributed by atoms with E-state index >= 15 is 0 Å². The molecule has 0 saturated carbocycles. The molecule has 1 N–H and O–H groups in total. The molecular weight excluding hydrogens is 258 g/mol. The van der Waals surface area contributed by atoms with Crippen molar-refractivity contribution in [1.82, 2.24) is 4.98 Å². The second kappa shape index (κ2) is 5.36. The summed E-state index contributed by atoms with van der Waals surface area (Å²) in [5, 5.41) is 1.57. The van der Waals surface area contributed by atoms with Crippen molar-refractivity contribution in [3.8, 4) is 0 Å². The third kappa shape index (κ3) is 2.46. The van der Waals surface area contributed by atoms with Crippen LogP contribution in [0.3, 0.4) is 0 Å². The summed E-state index contributed by atoms with van der Waals surface area (Å²) in [6.45, 7) is 6.46. The summed E-state index contributed by atoms with van der Waals surface area (Å²) in [5.41, 5.74) is 4.38. The number of nitrogens with one attached hydrogen (secondary N) is 1. The quantitative estimate of drug-likeness (QED) is 0.680. The molecule has 0 aliphatic rings. The molecule has 0 amide bonds. The van der Waals surface area contributed by atoms with E-state index in [1.54, 1.807) is 0 Å². The van der Waals surface area contributed by atoms with Crippen LogP contribution < -0.4 is 5.43 Å². The average molecular weight is 279 g/mol. The molecule has 1 unspecified atom stereocenters. The number of aromatic nitrogens is 1. The maximum absolute atomic E-state index is 12.7. The van der Waals surface area contributed by atoms with E-state index in [4.69, 9.17) is 0 Å². The highest BCUT2D eigenvalue weighted by atomic mass is 16.1. The van der Waals surface area contributed by atoms with Gasteiger partial charge in [-0.2, -0.15) is 0 Å². The first-order valence-electron chi connectivity index (χ1n) is 7.66. The summed E-state index contributed by atoms with van der Waals surface area (Å²) >= 11 is 0. The molecule has 2 nitrogen and oxygen atoms in total. The third-order valence-electron chi connectivity index (χ3n) is 4.27. The van der Waals surface area contributed by atoms with Crippen molar-refractivity contribution in [1.29, 1.82) is 0 Å². The smallest absolute Gasteiger partial charge is 0.197 e. The Morgan fingerprint density at radius 1 is 1.05 bits per heavy atom. The maximum atomic E-state index is 12.7. The SMILES string of the molecule is CCCC(C)c1ccc2[nH]c3cc(C)ccc3c(=O)c2c1. The lowest BCUT2D eigenvalue weighted by molar-refractivity contribution is 0.665. The second-order valence-electron chi connectivity index (χ2n) is 6.00. The van der Waals surface area contributed by atoms with Crippen molar-refractivity contribution >= 4 is 21.8 Å². The van der Waals surface area contributed by atoms with Gasteiger partial charge in [0.1, 0.15) is 0 Å². The van der Waals surface area contributed by atoms with E-state index in [0.717, 1.165) is 40.2 Å². The Hall–Kier alpha value is -2.09. The molecule has 1 atom stereocenters. The highest BCUT2D eigenvalue weighted by Gasteiger charge is 2.09. The number of aromatic amines is 1. The van der Waals surface area contributed by atoms with E-state index in [1.807, 2.05) is 31.2 Å². The molecule has 21 heavy (non-hydrogen) atoms. The van der Waals surface area contributed by atoms with Crippen LogP contribution in [0.4, 0.5) is 0 Å². The molecule has 0 radical (unpaired) electrons. The van der Waals surface area contributed by atoms with Gasteiger partial charge in [-0.25, -0.2) is 0 Å². The van der Waals surface area contributed by atoms with Gasteiger partial charge < -0.3 is 4.98 Å². The zero-order valence-corrected chi connectivity index (χ0v) is 12.9. The number of H-pyrrole nitrogens is 1. The van der Waals surface area contributed by atoms with Crippen LogP contribution in [0.1, 0.15) is 43.7 Å². The largest absolute Gasteiger partial charge is 0.354 e. The van der Waals surface area contributed by atoms with Crippen LogP contribution >= 0.6 is 0 Å². The summed E-state index contributed by atoms with van der Waals surface area (Å²) < 4.78 is 0. The van der Waals surface area contributed by atoms with Crippen LogP contribution in [0, 0.1) is 6.92 Å². The summed E-state index contributed by atoms with van der Waals surface area (Å²) in [6, 6.07) is 12.2. The summed E-state index contributed by atoms with van der Waals surface area (Å²) in [6.07, 6.45) is 2.31. The lowest BCUT2D eigenvalue weighted by Crippen LogP contribution is -2.05. The Balaban J connectivity index is 2.26. The van der Waals surface area contributed by atoms with E-state index in [1.165, 1.54) is 5.56 Å². The Morgan fingerprint density at radius 2 is 1.86 bits per heavy atom. The Bertz CT molecular complexity index is 860. The fraction of sp³-hybridized carbons (Fsp3) is 0.316. The fourth-order valence-electron chi connectivity index (χ4n) is 3.01. The molecule has 1 heterocycles. The number of hydrogen-bond donors (Lipinski definition) is 1. The third-order valence-corrected chi connectivity index (χ3v) is 4.27. The van der Waals surface area contributed by atoms with Gasteiger partial charge in [0, 0.05) is 21.8 Å². The zero-order valence-electron chi connectivity index (χ0n) is 12.9. The minimum Gasteiger partial charge on any atom is -0.354 e. The van der Waals surface area contributed by atoms with Crippen molar-refractivity contribution in [2.75, 3.05) is 0 Å². The number of pyridine rings is 1. The summed E-state index contributed by atoms with van der Waals surface area (Å²) in [4.78, 5) is 16.1.